The standard InChI is InChI=1S/C15H14BrN3S/c1-8-5-11(6-9(2)14(8)16)18-15-19-12-4-3-10(17)7-13(12)20-15/h3-7H,17H2,1-2H3,(H,18,19). The first-order valence-corrected chi connectivity index (χ1v) is 7.84. The van der Waals surface area contributed by atoms with Crippen LogP contribution in [0, 0.1) is 13.8 Å². The number of hydrogen-bond donors (Lipinski definition) is 2. The molecule has 0 fully saturated rings. The largest absolute Gasteiger partial charge is 0.399 e. The minimum Gasteiger partial charge on any atom is -0.399 e. The van der Waals surface area contributed by atoms with E-state index in [1.807, 2.05) is 18.2 Å². The molecule has 102 valence electrons. The molecule has 0 unspecified atom stereocenters. The van der Waals surface area contributed by atoms with E-state index in [0.717, 1.165) is 31.2 Å². The number of nitrogens with one attached hydrogen (secondary N) is 1. The van der Waals surface area contributed by atoms with Crippen LogP contribution in [0.1, 0.15) is 11.1 Å². The summed E-state index contributed by atoms with van der Waals surface area (Å²) in [5.74, 6) is 0. The number of benzene rings is 2. The van der Waals surface area contributed by atoms with Gasteiger partial charge in [-0.25, -0.2) is 4.98 Å². The lowest BCUT2D eigenvalue weighted by atomic mass is 10.1. The molecule has 0 aliphatic rings. The first-order valence-electron chi connectivity index (χ1n) is 6.23. The van der Waals surface area contributed by atoms with Crippen LogP contribution >= 0.6 is 27.3 Å². The Morgan fingerprint density at radius 3 is 2.55 bits per heavy atom. The van der Waals surface area contributed by atoms with Gasteiger partial charge in [0.1, 0.15) is 0 Å². The number of rotatable bonds is 2. The van der Waals surface area contributed by atoms with Crippen molar-refractivity contribution in [3.63, 3.8) is 0 Å². The molecule has 3 N–H and O–H groups in total. The van der Waals surface area contributed by atoms with Gasteiger partial charge in [0.25, 0.3) is 0 Å². The fraction of sp³-hybridized carbons (Fsp3) is 0.133. The molecule has 0 amide bonds. The molecule has 0 radical (unpaired) electrons. The molecule has 0 atom stereocenters. The third-order valence-corrected chi connectivity index (χ3v) is 5.28. The second-order valence-electron chi connectivity index (χ2n) is 4.80. The van der Waals surface area contributed by atoms with Crippen molar-refractivity contribution in [1.82, 2.24) is 4.98 Å². The summed E-state index contributed by atoms with van der Waals surface area (Å²) < 4.78 is 2.25. The van der Waals surface area contributed by atoms with Gasteiger partial charge in [-0.3, -0.25) is 0 Å². The molecule has 20 heavy (non-hydrogen) atoms. The van der Waals surface area contributed by atoms with Crippen LogP contribution in [0.4, 0.5) is 16.5 Å². The summed E-state index contributed by atoms with van der Waals surface area (Å²) in [7, 11) is 0. The van der Waals surface area contributed by atoms with Crippen molar-refractivity contribution in [3.8, 4) is 0 Å². The second kappa shape index (κ2) is 5.07. The molecular formula is C15H14BrN3S. The van der Waals surface area contributed by atoms with E-state index in [4.69, 9.17) is 5.73 Å². The van der Waals surface area contributed by atoms with Crippen molar-refractivity contribution in [2.24, 2.45) is 0 Å². The van der Waals surface area contributed by atoms with Gasteiger partial charge in [0.05, 0.1) is 10.2 Å². The topological polar surface area (TPSA) is 50.9 Å². The van der Waals surface area contributed by atoms with E-state index in [-0.39, 0.29) is 0 Å². The molecule has 0 bridgehead atoms. The Balaban J connectivity index is 1.96. The number of halogens is 1. The van der Waals surface area contributed by atoms with Crippen LogP contribution in [0.25, 0.3) is 10.2 Å². The summed E-state index contributed by atoms with van der Waals surface area (Å²) >= 11 is 5.19. The highest BCUT2D eigenvalue weighted by Crippen LogP contribution is 2.31. The number of hydrogen-bond acceptors (Lipinski definition) is 4. The number of aromatic nitrogens is 1. The summed E-state index contributed by atoms with van der Waals surface area (Å²) in [5, 5.41) is 4.25. The molecule has 1 aromatic heterocycles. The zero-order chi connectivity index (χ0) is 14.3. The van der Waals surface area contributed by atoms with Gasteiger partial charge in [0.15, 0.2) is 5.13 Å². The van der Waals surface area contributed by atoms with Gasteiger partial charge in [-0.1, -0.05) is 27.3 Å². The zero-order valence-corrected chi connectivity index (χ0v) is 13.6. The van der Waals surface area contributed by atoms with Crippen molar-refractivity contribution in [3.05, 3.63) is 45.9 Å². The van der Waals surface area contributed by atoms with Gasteiger partial charge in [0, 0.05) is 15.8 Å². The molecule has 0 saturated heterocycles. The zero-order valence-electron chi connectivity index (χ0n) is 11.2. The van der Waals surface area contributed by atoms with E-state index in [1.54, 1.807) is 11.3 Å². The Morgan fingerprint density at radius 1 is 1.15 bits per heavy atom. The average Bonchev–Trinajstić information content (AvgIpc) is 2.77. The smallest absolute Gasteiger partial charge is 0.188 e. The highest BCUT2D eigenvalue weighted by molar-refractivity contribution is 9.10. The van der Waals surface area contributed by atoms with E-state index in [1.165, 1.54) is 11.1 Å². The monoisotopic (exact) mass is 347 g/mol. The Kier molecular flexibility index (Phi) is 3.40. The van der Waals surface area contributed by atoms with E-state index in [2.05, 4.69) is 52.2 Å². The van der Waals surface area contributed by atoms with E-state index in [9.17, 15) is 0 Å². The van der Waals surface area contributed by atoms with Crippen LogP contribution in [0.2, 0.25) is 0 Å². The van der Waals surface area contributed by atoms with Crippen molar-refractivity contribution in [2.45, 2.75) is 13.8 Å². The highest BCUT2D eigenvalue weighted by atomic mass is 79.9. The van der Waals surface area contributed by atoms with Gasteiger partial charge in [0.2, 0.25) is 0 Å². The van der Waals surface area contributed by atoms with Gasteiger partial charge >= 0.3 is 0 Å². The fourth-order valence-corrected chi connectivity index (χ4v) is 3.30. The predicted molar refractivity (Wildman–Crippen MR) is 90.9 cm³/mol. The van der Waals surface area contributed by atoms with Crippen LogP contribution < -0.4 is 11.1 Å². The molecule has 0 aliphatic heterocycles. The number of nitrogens with two attached hydrogens (primary N) is 1. The van der Waals surface area contributed by atoms with E-state index >= 15 is 0 Å². The van der Waals surface area contributed by atoms with Crippen molar-refractivity contribution < 1.29 is 0 Å². The normalized spacial score (nSPS) is 10.9. The summed E-state index contributed by atoms with van der Waals surface area (Å²) in [6, 6.07) is 10.00. The third kappa shape index (κ3) is 2.51. The van der Waals surface area contributed by atoms with E-state index < -0.39 is 0 Å². The maximum Gasteiger partial charge on any atom is 0.188 e. The van der Waals surface area contributed by atoms with Gasteiger partial charge in [-0.15, -0.1) is 0 Å². The molecule has 5 heteroatoms. The van der Waals surface area contributed by atoms with Crippen LogP contribution in [0.3, 0.4) is 0 Å². The van der Waals surface area contributed by atoms with Crippen LogP contribution in [0.5, 0.6) is 0 Å². The van der Waals surface area contributed by atoms with Gasteiger partial charge in [-0.05, 0) is 55.3 Å². The lowest BCUT2D eigenvalue weighted by molar-refractivity contribution is 1.33. The summed E-state index contributed by atoms with van der Waals surface area (Å²) in [6.45, 7) is 4.17. The lowest BCUT2D eigenvalue weighted by Crippen LogP contribution is -1.92. The predicted octanol–water partition coefficient (Wildman–Crippen LogP) is 5.00. The first-order chi connectivity index (χ1) is 9.52. The van der Waals surface area contributed by atoms with Crippen LogP contribution in [-0.4, -0.2) is 4.98 Å². The average molecular weight is 348 g/mol. The van der Waals surface area contributed by atoms with Crippen LogP contribution in [0.15, 0.2) is 34.8 Å². The van der Waals surface area contributed by atoms with Crippen molar-refractivity contribution in [1.29, 1.82) is 0 Å². The quantitative estimate of drug-likeness (QED) is 0.641. The van der Waals surface area contributed by atoms with E-state index in [0.29, 0.717) is 0 Å². The maximum absolute atomic E-state index is 5.80. The van der Waals surface area contributed by atoms with Crippen molar-refractivity contribution in [2.75, 3.05) is 11.1 Å². The first kappa shape index (κ1) is 13.4. The van der Waals surface area contributed by atoms with Gasteiger partial charge < -0.3 is 11.1 Å². The Bertz CT molecular complexity index is 772. The Labute approximate surface area is 130 Å². The Hall–Kier alpha value is -1.59. The highest BCUT2D eigenvalue weighted by Gasteiger charge is 2.07. The van der Waals surface area contributed by atoms with Gasteiger partial charge in [-0.2, -0.15) is 0 Å². The molecule has 3 nitrogen and oxygen atoms in total. The molecule has 0 aliphatic carbocycles. The molecule has 3 aromatic rings. The van der Waals surface area contributed by atoms with Crippen molar-refractivity contribution >= 4 is 54.0 Å². The number of thiazole rings is 1. The Morgan fingerprint density at radius 2 is 1.85 bits per heavy atom. The number of nitrogen functional groups attached to an aromatic ring is 1. The third-order valence-electron chi connectivity index (χ3n) is 3.10. The molecule has 0 saturated carbocycles. The lowest BCUT2D eigenvalue weighted by Gasteiger charge is -2.08. The molecule has 3 rings (SSSR count). The minimum atomic E-state index is 0.767. The summed E-state index contributed by atoms with van der Waals surface area (Å²) in [6.07, 6.45) is 0. The summed E-state index contributed by atoms with van der Waals surface area (Å²) in [4.78, 5) is 4.57. The number of nitrogens with zero attached hydrogens (tertiary/aromatic N) is 1. The molecule has 0 spiro atoms. The SMILES string of the molecule is Cc1cc(Nc2nc3ccc(N)cc3s2)cc(C)c1Br. The second-order valence-corrected chi connectivity index (χ2v) is 6.62. The molecule has 2 aromatic carbocycles. The number of anilines is 3. The number of fused-ring (bicyclic) bond motifs is 1. The molecular weight excluding hydrogens is 334 g/mol. The minimum absolute atomic E-state index is 0.767. The number of aryl methyl sites for hydroxylation is 2. The fourth-order valence-electron chi connectivity index (χ4n) is 2.14. The van der Waals surface area contributed by atoms with Crippen LogP contribution in [-0.2, 0) is 0 Å². The summed E-state index contributed by atoms with van der Waals surface area (Å²) in [5.41, 5.74) is 11.0. The molecule has 1 heterocycles. The maximum atomic E-state index is 5.80.